The van der Waals surface area contributed by atoms with E-state index in [-0.39, 0.29) is 11.3 Å². The molecule has 0 aromatic rings. The molecule has 19 heavy (non-hydrogen) atoms. The van der Waals surface area contributed by atoms with Gasteiger partial charge in [0.15, 0.2) is 0 Å². The van der Waals surface area contributed by atoms with Gasteiger partial charge < -0.3 is 10.4 Å². The van der Waals surface area contributed by atoms with Gasteiger partial charge in [0.1, 0.15) is 0 Å². The summed E-state index contributed by atoms with van der Waals surface area (Å²) < 4.78 is 0. The fraction of sp³-hybridized carbons (Fsp3) is 0.733. The smallest absolute Gasteiger partial charge is 0.0696 e. The molecule has 0 aromatic carbocycles. The van der Waals surface area contributed by atoms with Crippen molar-refractivity contribution in [3.8, 4) is 0 Å². The zero-order valence-electron chi connectivity index (χ0n) is 12.2. The minimum atomic E-state index is 0.0266. The largest absolute Gasteiger partial charge is 0.411 e. The van der Waals surface area contributed by atoms with E-state index < -0.39 is 0 Å². The van der Waals surface area contributed by atoms with Crippen LogP contribution in [0.3, 0.4) is 0 Å². The Kier molecular flexibility index (Phi) is 3.70. The predicted molar refractivity (Wildman–Crippen MR) is 75.9 cm³/mol. The fourth-order valence-corrected chi connectivity index (χ4v) is 4.24. The van der Waals surface area contributed by atoms with Crippen molar-refractivity contribution in [3.63, 3.8) is 0 Å². The highest BCUT2D eigenvalue weighted by Gasteiger charge is 2.54. The van der Waals surface area contributed by atoms with Gasteiger partial charge in [-0.25, -0.2) is 0 Å². The van der Waals surface area contributed by atoms with Gasteiger partial charge >= 0.3 is 0 Å². The number of hydrogen-bond acceptors (Lipinski definition) is 4. The first-order valence-electron chi connectivity index (χ1n) is 7.03. The molecule has 2 rings (SSSR count). The lowest BCUT2D eigenvalue weighted by molar-refractivity contribution is 0.110. The van der Waals surface area contributed by atoms with E-state index in [1.807, 2.05) is 0 Å². The van der Waals surface area contributed by atoms with E-state index >= 15 is 0 Å². The van der Waals surface area contributed by atoms with Crippen molar-refractivity contribution in [2.24, 2.45) is 39.4 Å². The second-order valence-electron chi connectivity index (χ2n) is 6.51. The third kappa shape index (κ3) is 1.97. The van der Waals surface area contributed by atoms with E-state index in [1.165, 1.54) is 12.0 Å². The highest BCUT2D eigenvalue weighted by molar-refractivity contribution is 5.84. The van der Waals surface area contributed by atoms with Crippen molar-refractivity contribution in [3.05, 3.63) is 11.1 Å². The summed E-state index contributed by atoms with van der Waals surface area (Å²) in [5.41, 5.74) is 2.44. The average Bonchev–Trinajstić information content (AvgIpc) is 2.49. The van der Waals surface area contributed by atoms with Crippen molar-refractivity contribution >= 4 is 12.4 Å². The molecule has 0 radical (unpaired) electrons. The molecule has 0 amide bonds. The Morgan fingerprint density at radius 1 is 1.32 bits per heavy atom. The van der Waals surface area contributed by atoms with Crippen LogP contribution < -0.4 is 0 Å². The molecule has 1 fully saturated rings. The quantitative estimate of drug-likeness (QED) is 0.465. The minimum absolute atomic E-state index is 0.0266. The van der Waals surface area contributed by atoms with E-state index in [9.17, 15) is 0 Å². The van der Waals surface area contributed by atoms with Crippen molar-refractivity contribution in [1.29, 1.82) is 0 Å². The molecule has 4 heteroatoms. The summed E-state index contributed by atoms with van der Waals surface area (Å²) in [4.78, 5) is 0. The van der Waals surface area contributed by atoms with Gasteiger partial charge in [0, 0.05) is 12.1 Å². The highest BCUT2D eigenvalue weighted by atomic mass is 16.4. The Bertz CT molecular complexity index is 439. The molecule has 0 saturated heterocycles. The normalized spacial score (nSPS) is 39.1. The SMILES string of the molecule is CC1=C(C=NO)[C@H]2[C@@H](C(C)C)CC[C@]1(C)[C@H]2C=NO. The Hall–Kier alpha value is -1.32. The van der Waals surface area contributed by atoms with Crippen LogP contribution in [-0.2, 0) is 0 Å². The maximum atomic E-state index is 8.99. The number of hydrogen-bond donors (Lipinski definition) is 2. The first kappa shape index (κ1) is 14.1. The van der Waals surface area contributed by atoms with Gasteiger partial charge in [-0.1, -0.05) is 31.5 Å². The van der Waals surface area contributed by atoms with Crippen LogP contribution in [0.4, 0.5) is 0 Å². The van der Waals surface area contributed by atoms with Crippen LogP contribution in [0.1, 0.15) is 40.5 Å². The Balaban J connectivity index is 2.52. The molecule has 0 spiro atoms. The summed E-state index contributed by atoms with van der Waals surface area (Å²) in [7, 11) is 0. The van der Waals surface area contributed by atoms with Crippen LogP contribution in [0.5, 0.6) is 0 Å². The molecule has 0 heterocycles. The number of rotatable bonds is 3. The molecule has 0 aromatic heterocycles. The topological polar surface area (TPSA) is 65.2 Å². The monoisotopic (exact) mass is 264 g/mol. The molecule has 106 valence electrons. The summed E-state index contributed by atoms with van der Waals surface area (Å²) in [6.07, 6.45) is 5.54. The van der Waals surface area contributed by atoms with E-state index in [1.54, 1.807) is 12.4 Å². The van der Waals surface area contributed by atoms with Crippen molar-refractivity contribution in [2.45, 2.75) is 40.5 Å². The van der Waals surface area contributed by atoms with E-state index in [4.69, 9.17) is 10.4 Å². The summed E-state index contributed by atoms with van der Waals surface area (Å²) in [5.74, 6) is 1.61. The van der Waals surface area contributed by atoms with Crippen molar-refractivity contribution in [2.75, 3.05) is 0 Å². The Morgan fingerprint density at radius 2 is 2.00 bits per heavy atom. The third-order valence-electron chi connectivity index (χ3n) is 5.51. The summed E-state index contributed by atoms with van der Waals surface area (Å²) in [6.45, 7) is 8.83. The van der Waals surface area contributed by atoms with Gasteiger partial charge in [-0.3, -0.25) is 0 Å². The van der Waals surface area contributed by atoms with Crippen LogP contribution in [0.15, 0.2) is 21.5 Å². The Morgan fingerprint density at radius 3 is 2.53 bits per heavy atom. The van der Waals surface area contributed by atoms with Gasteiger partial charge in [-0.2, -0.15) is 0 Å². The summed E-state index contributed by atoms with van der Waals surface area (Å²) in [6, 6.07) is 0. The molecule has 2 aliphatic carbocycles. The highest BCUT2D eigenvalue weighted by Crippen LogP contribution is 2.60. The zero-order chi connectivity index (χ0) is 14.2. The van der Waals surface area contributed by atoms with Gasteiger partial charge in [0.05, 0.1) is 6.21 Å². The van der Waals surface area contributed by atoms with Crippen LogP contribution in [0.2, 0.25) is 0 Å². The predicted octanol–water partition coefficient (Wildman–Crippen LogP) is 3.54. The molecule has 2 bridgehead atoms. The molecule has 4 nitrogen and oxygen atoms in total. The molecule has 4 atom stereocenters. The van der Waals surface area contributed by atoms with Gasteiger partial charge in [-0.05, 0) is 48.5 Å². The fourth-order valence-electron chi connectivity index (χ4n) is 4.24. The number of fused-ring (bicyclic) bond motifs is 2. The maximum absolute atomic E-state index is 8.99. The standard InChI is InChI=1S/C15H24N2O2/c1-9(2)11-5-6-15(4)10(3)12(7-16-18)14(11)13(15)8-17-19/h7-9,11,13-14,18-19H,5-6H2,1-4H3/t11-,13+,14-,15+/m1/s1. The van der Waals surface area contributed by atoms with Gasteiger partial charge in [0.25, 0.3) is 0 Å². The second-order valence-corrected chi connectivity index (χ2v) is 6.51. The molecular weight excluding hydrogens is 240 g/mol. The molecular formula is C15H24N2O2. The zero-order valence-corrected chi connectivity index (χ0v) is 12.2. The number of allylic oxidation sites excluding steroid dienone is 2. The lowest BCUT2D eigenvalue weighted by Gasteiger charge is -2.43. The van der Waals surface area contributed by atoms with Gasteiger partial charge in [0.2, 0.25) is 0 Å². The van der Waals surface area contributed by atoms with E-state index in [0.29, 0.717) is 17.8 Å². The van der Waals surface area contributed by atoms with Crippen molar-refractivity contribution < 1.29 is 10.4 Å². The summed E-state index contributed by atoms with van der Waals surface area (Å²) in [5, 5.41) is 24.5. The molecule has 0 aliphatic heterocycles. The molecule has 1 saturated carbocycles. The lowest BCUT2D eigenvalue weighted by Crippen LogP contribution is -2.40. The first-order valence-corrected chi connectivity index (χ1v) is 7.03. The van der Waals surface area contributed by atoms with Crippen LogP contribution in [0.25, 0.3) is 0 Å². The maximum Gasteiger partial charge on any atom is 0.0696 e. The molecule has 2 aliphatic rings. The van der Waals surface area contributed by atoms with Crippen LogP contribution in [-0.4, -0.2) is 22.8 Å². The number of nitrogens with zero attached hydrogens (tertiary/aromatic N) is 2. The van der Waals surface area contributed by atoms with Crippen molar-refractivity contribution in [1.82, 2.24) is 0 Å². The van der Waals surface area contributed by atoms with E-state index in [0.717, 1.165) is 12.0 Å². The van der Waals surface area contributed by atoms with Crippen LogP contribution >= 0.6 is 0 Å². The Labute approximate surface area is 114 Å². The van der Waals surface area contributed by atoms with Gasteiger partial charge in [-0.15, -0.1) is 5.16 Å². The second kappa shape index (κ2) is 4.99. The third-order valence-corrected chi connectivity index (χ3v) is 5.51. The summed E-state index contributed by atoms with van der Waals surface area (Å²) >= 11 is 0. The first-order chi connectivity index (χ1) is 8.97. The lowest BCUT2D eigenvalue weighted by atomic mass is 9.60. The molecule has 0 unspecified atom stereocenters. The van der Waals surface area contributed by atoms with Crippen LogP contribution in [0, 0.1) is 29.1 Å². The number of oxime groups is 2. The average molecular weight is 264 g/mol. The minimum Gasteiger partial charge on any atom is -0.411 e. The van der Waals surface area contributed by atoms with E-state index in [2.05, 4.69) is 38.0 Å². The molecule has 2 N–H and O–H groups in total.